The van der Waals surface area contributed by atoms with Crippen LogP contribution in [0.3, 0.4) is 0 Å². The maximum Gasteiger partial charge on any atom is 0.276 e. The maximum atomic E-state index is 2.48. The summed E-state index contributed by atoms with van der Waals surface area (Å²) in [6.45, 7) is 10.3. The zero-order chi connectivity index (χ0) is 7.83. The second-order valence-corrected chi connectivity index (χ2v) is 10.1. The number of halogens is 1. The summed E-state index contributed by atoms with van der Waals surface area (Å²) in [5, 5.41) is 0. The molecule has 0 N–H and O–H groups in total. The Bertz CT molecular complexity index is 125. The van der Waals surface area contributed by atoms with Gasteiger partial charge in [0, 0.05) is 12.8 Å². The van der Waals surface area contributed by atoms with E-state index in [1.165, 1.54) is 30.1 Å². The van der Waals surface area contributed by atoms with Crippen LogP contribution in [0.2, 0.25) is 19.6 Å². The van der Waals surface area contributed by atoms with E-state index < -0.39 is 8.24 Å². The second-order valence-electron chi connectivity index (χ2n) is 4.72. The van der Waals surface area contributed by atoms with E-state index in [0.29, 0.717) is 0 Å². The molecule has 1 rings (SSSR count). The first kappa shape index (κ1) is 11.9. The molecule has 11 heavy (non-hydrogen) atoms. The van der Waals surface area contributed by atoms with E-state index in [2.05, 4.69) is 26.7 Å². The quantitative estimate of drug-likeness (QED) is 0.431. The summed E-state index contributed by atoms with van der Waals surface area (Å²) in [6.07, 6.45) is 2.92. The summed E-state index contributed by atoms with van der Waals surface area (Å²) in [7, 11) is 1.53. The van der Waals surface area contributed by atoms with Gasteiger partial charge in [0.05, 0.1) is 20.1 Å². The number of quaternary nitrogens is 1. The molecule has 1 aliphatic heterocycles. The molecule has 0 bridgehead atoms. The Morgan fingerprint density at radius 3 is 1.55 bits per heavy atom. The van der Waals surface area contributed by atoms with E-state index in [0.717, 1.165) is 0 Å². The van der Waals surface area contributed by atoms with Gasteiger partial charge in [-0.15, -0.1) is 0 Å². The molecule has 3 heteroatoms. The van der Waals surface area contributed by atoms with Gasteiger partial charge in [-0.1, -0.05) is 0 Å². The molecule has 0 unspecified atom stereocenters. The second kappa shape index (κ2) is 3.74. The van der Waals surface area contributed by atoms with Gasteiger partial charge >= 0.3 is 0 Å². The molecule has 0 atom stereocenters. The van der Waals surface area contributed by atoms with Gasteiger partial charge in [-0.3, -0.25) is 0 Å². The van der Waals surface area contributed by atoms with Gasteiger partial charge in [0.2, 0.25) is 0 Å². The third-order valence-electron chi connectivity index (χ3n) is 3.17. The SMILES string of the molecule is C[N+]1([Si](C)(C)C)CCCC1.[I-]. The highest BCUT2D eigenvalue weighted by molar-refractivity contribution is 6.68. The van der Waals surface area contributed by atoms with Gasteiger partial charge < -0.3 is 28.1 Å². The average molecular weight is 285 g/mol. The number of nitrogens with zero attached hydrogens (tertiary/aromatic N) is 1. The van der Waals surface area contributed by atoms with Crippen molar-refractivity contribution in [2.24, 2.45) is 0 Å². The lowest BCUT2D eigenvalue weighted by atomic mass is 10.4. The Balaban J connectivity index is 0.000001000. The van der Waals surface area contributed by atoms with Crippen LogP contribution in [0.1, 0.15) is 12.8 Å². The van der Waals surface area contributed by atoms with Crippen LogP contribution in [0.4, 0.5) is 0 Å². The molecule has 0 spiro atoms. The minimum Gasteiger partial charge on any atom is -1.00 e. The number of hydrogen-bond donors (Lipinski definition) is 0. The molecule has 0 aromatic heterocycles. The molecule has 0 amide bonds. The van der Waals surface area contributed by atoms with Gasteiger partial charge in [-0.05, 0) is 19.6 Å². The minimum absolute atomic E-state index is 0. The van der Waals surface area contributed by atoms with E-state index in [9.17, 15) is 0 Å². The molecule has 0 radical (unpaired) electrons. The van der Waals surface area contributed by atoms with Gasteiger partial charge in [-0.25, -0.2) is 0 Å². The van der Waals surface area contributed by atoms with Crippen molar-refractivity contribution in [3.8, 4) is 0 Å². The van der Waals surface area contributed by atoms with Crippen molar-refractivity contribution >= 4 is 8.24 Å². The molecule has 0 aromatic carbocycles. The maximum absolute atomic E-state index is 2.48. The molecule has 1 fully saturated rings. The summed E-state index contributed by atoms with van der Waals surface area (Å²) in [6, 6.07) is 0. The van der Waals surface area contributed by atoms with Crippen LogP contribution in [-0.4, -0.2) is 32.5 Å². The van der Waals surface area contributed by atoms with Crippen molar-refractivity contribution in [1.29, 1.82) is 0 Å². The van der Waals surface area contributed by atoms with Crippen molar-refractivity contribution < 1.29 is 28.1 Å². The zero-order valence-corrected chi connectivity index (χ0v) is 11.3. The van der Waals surface area contributed by atoms with Crippen molar-refractivity contribution in [2.45, 2.75) is 32.5 Å². The standard InChI is InChI=1S/C8H20NSi.HI/c1-9(10(2,3)4)7-5-6-8-9;/h5-8H2,1-4H3;1H/q+1;/p-1. The number of likely N-dealkylation sites (tertiary alicyclic amines) is 1. The molecule has 0 aliphatic carbocycles. The Labute approximate surface area is 88.9 Å². The van der Waals surface area contributed by atoms with Crippen molar-refractivity contribution in [1.82, 2.24) is 0 Å². The summed E-state index contributed by atoms with van der Waals surface area (Å²) in [5.41, 5.74) is 0. The van der Waals surface area contributed by atoms with E-state index in [4.69, 9.17) is 0 Å². The van der Waals surface area contributed by atoms with Crippen molar-refractivity contribution in [3.63, 3.8) is 0 Å². The third kappa shape index (κ3) is 2.42. The first-order valence-electron chi connectivity index (χ1n) is 4.30. The lowest BCUT2D eigenvalue weighted by molar-refractivity contribution is -0.798. The van der Waals surface area contributed by atoms with Crippen LogP contribution >= 0.6 is 0 Å². The van der Waals surface area contributed by atoms with Crippen LogP contribution in [0.15, 0.2) is 0 Å². The van der Waals surface area contributed by atoms with Crippen LogP contribution in [0, 0.1) is 0 Å². The van der Waals surface area contributed by atoms with Gasteiger partial charge in [0.1, 0.15) is 0 Å². The summed E-state index contributed by atoms with van der Waals surface area (Å²) >= 11 is 0. The Morgan fingerprint density at radius 2 is 1.36 bits per heavy atom. The molecule has 1 saturated heterocycles. The molecule has 1 aliphatic rings. The normalized spacial score (nSPS) is 22.9. The predicted octanol–water partition coefficient (Wildman–Crippen LogP) is -0.934. The van der Waals surface area contributed by atoms with Crippen LogP contribution in [0.5, 0.6) is 0 Å². The van der Waals surface area contributed by atoms with E-state index in [1.54, 1.807) is 0 Å². The topological polar surface area (TPSA) is 0 Å². The summed E-state index contributed by atoms with van der Waals surface area (Å²) in [5.74, 6) is 0. The average Bonchev–Trinajstić information content (AvgIpc) is 2.13. The molecule has 1 heterocycles. The van der Waals surface area contributed by atoms with E-state index in [1.807, 2.05) is 0 Å². The molecule has 0 saturated carbocycles. The van der Waals surface area contributed by atoms with Gasteiger partial charge in [0.25, 0.3) is 8.24 Å². The molecule has 0 aromatic rings. The third-order valence-corrected chi connectivity index (χ3v) is 6.86. The fourth-order valence-electron chi connectivity index (χ4n) is 1.70. The van der Waals surface area contributed by atoms with Gasteiger partial charge in [0.15, 0.2) is 0 Å². The van der Waals surface area contributed by atoms with Crippen molar-refractivity contribution in [3.05, 3.63) is 0 Å². The highest BCUT2D eigenvalue weighted by Gasteiger charge is 2.41. The Morgan fingerprint density at radius 1 is 1.00 bits per heavy atom. The zero-order valence-electron chi connectivity index (χ0n) is 8.15. The van der Waals surface area contributed by atoms with Crippen LogP contribution in [-0.2, 0) is 0 Å². The van der Waals surface area contributed by atoms with E-state index in [-0.39, 0.29) is 24.0 Å². The lowest BCUT2D eigenvalue weighted by Crippen LogP contribution is -3.00. The van der Waals surface area contributed by atoms with Gasteiger partial charge in [-0.2, -0.15) is 0 Å². The smallest absolute Gasteiger partial charge is 0.276 e. The fourth-order valence-corrected chi connectivity index (χ4v) is 3.36. The lowest BCUT2D eigenvalue weighted by Gasteiger charge is -2.41. The largest absolute Gasteiger partial charge is 1.00 e. The van der Waals surface area contributed by atoms with E-state index >= 15 is 0 Å². The molecule has 1 nitrogen and oxygen atoms in total. The fraction of sp³-hybridized carbons (Fsp3) is 1.00. The number of hydrogen-bond acceptors (Lipinski definition) is 0. The Hall–Kier alpha value is 0.907. The molecule has 68 valence electrons. The first-order chi connectivity index (χ1) is 4.46. The minimum atomic E-state index is -0.911. The highest BCUT2D eigenvalue weighted by atomic mass is 127. The predicted molar refractivity (Wildman–Crippen MR) is 48.5 cm³/mol. The molecular weight excluding hydrogens is 265 g/mol. The molecular formula is C8H20INSi. The van der Waals surface area contributed by atoms with Crippen LogP contribution < -0.4 is 24.0 Å². The summed E-state index contributed by atoms with van der Waals surface area (Å²) < 4.78 is 1.41. The Kier molecular flexibility index (Phi) is 4.05. The monoisotopic (exact) mass is 285 g/mol. The first-order valence-corrected chi connectivity index (χ1v) is 7.75. The summed E-state index contributed by atoms with van der Waals surface area (Å²) in [4.78, 5) is 0. The number of rotatable bonds is 1. The van der Waals surface area contributed by atoms with Crippen molar-refractivity contribution in [2.75, 3.05) is 20.1 Å². The highest BCUT2D eigenvalue weighted by Crippen LogP contribution is 2.25. The van der Waals surface area contributed by atoms with Crippen LogP contribution in [0.25, 0.3) is 0 Å².